The highest BCUT2D eigenvalue weighted by Gasteiger charge is 2.68. The van der Waals surface area contributed by atoms with E-state index < -0.39 is 29.1 Å². The Bertz CT molecular complexity index is 1760. The highest BCUT2D eigenvalue weighted by atomic mass is 16.3. The van der Waals surface area contributed by atoms with Crippen molar-refractivity contribution in [2.75, 3.05) is 4.90 Å². The maximum Gasteiger partial charge on any atom is 0.241 e. The number of nitrogens with zero attached hydrogens (tertiary/aromatic N) is 2. The van der Waals surface area contributed by atoms with E-state index in [1.165, 1.54) is 4.90 Å². The molecule has 2 saturated carbocycles. The number of phenolic OH excluding ortho intramolecular Hbond substituents is 1. The summed E-state index contributed by atoms with van der Waals surface area (Å²) in [5.74, 6) is -3.49. The van der Waals surface area contributed by atoms with E-state index in [0.29, 0.717) is 24.1 Å². The number of para-hydroxylation sites is 1. The standard InChI is InChI=1S/C37H36N2O5/c1-37-28(34(42)39(36(37)44)23-13-6-3-7-14-23)20-27-25(32(37)31-24-15-9-8-10-21(24)16-19-29(31)40)17-18-26-30(27)35(43)38(33(26)41)22-11-4-2-5-12-22/h3,6-10,13-17,19,22,26-28,30,32,40H,2,4-5,11-12,18,20H2,1H3/t26-,27+,28-,30-,32+,37+/m0/s1. The summed E-state index contributed by atoms with van der Waals surface area (Å²) in [5, 5.41) is 13.3. The molecule has 1 N–H and O–H groups in total. The summed E-state index contributed by atoms with van der Waals surface area (Å²) in [6.45, 7) is 1.87. The quantitative estimate of drug-likeness (QED) is 0.294. The molecule has 7 nitrogen and oxygen atoms in total. The lowest BCUT2D eigenvalue weighted by Crippen LogP contribution is -2.49. The van der Waals surface area contributed by atoms with Crippen molar-refractivity contribution in [3.8, 4) is 5.75 Å². The van der Waals surface area contributed by atoms with E-state index in [2.05, 4.69) is 6.08 Å². The predicted octanol–water partition coefficient (Wildman–Crippen LogP) is 6.11. The molecule has 6 atom stereocenters. The number of hydrogen-bond acceptors (Lipinski definition) is 5. The van der Waals surface area contributed by atoms with Gasteiger partial charge in [0, 0.05) is 17.5 Å². The van der Waals surface area contributed by atoms with Crippen LogP contribution in [0, 0.1) is 29.1 Å². The molecule has 0 unspecified atom stereocenters. The van der Waals surface area contributed by atoms with E-state index in [1.54, 1.807) is 23.1 Å². The molecule has 4 fully saturated rings. The number of anilines is 1. The molecule has 5 aliphatic rings. The Balaban J connectivity index is 1.31. The van der Waals surface area contributed by atoms with Gasteiger partial charge < -0.3 is 5.11 Å². The van der Waals surface area contributed by atoms with Gasteiger partial charge in [0.25, 0.3) is 0 Å². The van der Waals surface area contributed by atoms with Crippen LogP contribution in [0.3, 0.4) is 0 Å². The summed E-state index contributed by atoms with van der Waals surface area (Å²) in [7, 11) is 0. The van der Waals surface area contributed by atoms with Gasteiger partial charge >= 0.3 is 0 Å². The summed E-state index contributed by atoms with van der Waals surface area (Å²) in [6.07, 6.45) is 7.63. The second kappa shape index (κ2) is 9.88. The number of likely N-dealkylation sites (tertiary alicyclic amines) is 1. The summed E-state index contributed by atoms with van der Waals surface area (Å²) in [6, 6.07) is 20.2. The first-order valence-corrected chi connectivity index (χ1v) is 16.0. The third kappa shape index (κ3) is 3.61. The highest BCUT2D eigenvalue weighted by molar-refractivity contribution is 6.24. The molecule has 2 heterocycles. The van der Waals surface area contributed by atoms with Gasteiger partial charge in [-0.1, -0.05) is 79.4 Å². The van der Waals surface area contributed by atoms with Crippen LogP contribution in [0.4, 0.5) is 5.69 Å². The van der Waals surface area contributed by atoms with Gasteiger partial charge in [-0.15, -0.1) is 0 Å². The van der Waals surface area contributed by atoms with Crippen LogP contribution in [0.25, 0.3) is 10.8 Å². The Morgan fingerprint density at radius 1 is 0.795 bits per heavy atom. The first-order chi connectivity index (χ1) is 21.3. The SMILES string of the molecule is C[C@@]12C(=O)N(c3ccccc3)C(=O)[C@@H]1C[C@@H]1C(=CC[C@@H]3C(=O)N(C4CCCCC4)C(=O)[C@@H]31)[C@@H]2c1c(O)ccc2ccccc12. The van der Waals surface area contributed by atoms with Crippen LogP contribution in [0.5, 0.6) is 5.75 Å². The molecular weight excluding hydrogens is 552 g/mol. The lowest BCUT2D eigenvalue weighted by Gasteiger charge is -2.49. The van der Waals surface area contributed by atoms with Crippen LogP contribution in [0.2, 0.25) is 0 Å². The largest absolute Gasteiger partial charge is 0.508 e. The number of allylic oxidation sites excluding steroid dienone is 2. The number of hydrogen-bond donors (Lipinski definition) is 1. The molecule has 0 bridgehead atoms. The van der Waals surface area contributed by atoms with Crippen molar-refractivity contribution in [2.45, 2.75) is 63.8 Å². The number of phenols is 1. The number of fused-ring (bicyclic) bond motifs is 5. The average molecular weight is 589 g/mol. The Hall–Kier alpha value is -4.26. The molecule has 0 aromatic heterocycles. The van der Waals surface area contributed by atoms with Crippen molar-refractivity contribution < 1.29 is 24.3 Å². The molecule has 7 heteroatoms. The summed E-state index contributed by atoms with van der Waals surface area (Å²) in [5.41, 5.74) is 0.837. The molecule has 2 aliphatic heterocycles. The van der Waals surface area contributed by atoms with E-state index in [4.69, 9.17) is 0 Å². The number of amides is 4. The highest BCUT2D eigenvalue weighted by Crippen LogP contribution is 2.65. The predicted molar refractivity (Wildman–Crippen MR) is 165 cm³/mol. The Morgan fingerprint density at radius 2 is 1.52 bits per heavy atom. The molecule has 0 spiro atoms. The molecule has 44 heavy (non-hydrogen) atoms. The van der Waals surface area contributed by atoms with Crippen LogP contribution in [-0.4, -0.2) is 39.7 Å². The van der Waals surface area contributed by atoms with Gasteiger partial charge in [0.05, 0.1) is 28.9 Å². The third-order valence-electron chi connectivity index (χ3n) is 11.5. The molecule has 0 radical (unpaired) electrons. The van der Waals surface area contributed by atoms with Crippen LogP contribution < -0.4 is 4.90 Å². The van der Waals surface area contributed by atoms with Gasteiger partial charge in [0.2, 0.25) is 23.6 Å². The Labute approximate surface area is 256 Å². The van der Waals surface area contributed by atoms with Gasteiger partial charge in [-0.25, -0.2) is 4.90 Å². The van der Waals surface area contributed by atoms with E-state index in [0.717, 1.165) is 48.4 Å². The second-order valence-electron chi connectivity index (χ2n) is 13.6. The van der Waals surface area contributed by atoms with Crippen molar-refractivity contribution >= 4 is 40.1 Å². The maximum atomic E-state index is 14.6. The number of aromatic hydroxyl groups is 1. The minimum atomic E-state index is -1.20. The average Bonchev–Trinajstić information content (AvgIpc) is 3.42. The second-order valence-corrected chi connectivity index (χ2v) is 13.6. The summed E-state index contributed by atoms with van der Waals surface area (Å²) >= 11 is 0. The molecular formula is C37H36N2O5. The summed E-state index contributed by atoms with van der Waals surface area (Å²) < 4.78 is 0. The molecule has 4 amide bonds. The normalized spacial score (nSPS) is 32.1. The van der Waals surface area contributed by atoms with Crippen molar-refractivity contribution in [1.29, 1.82) is 0 Å². The molecule has 8 rings (SSSR count). The van der Waals surface area contributed by atoms with E-state index >= 15 is 0 Å². The third-order valence-corrected chi connectivity index (χ3v) is 11.5. The van der Waals surface area contributed by atoms with Crippen molar-refractivity contribution in [2.24, 2.45) is 29.1 Å². The molecule has 224 valence electrons. The Kier molecular flexibility index (Phi) is 6.13. The zero-order valence-electron chi connectivity index (χ0n) is 24.8. The molecule has 3 aliphatic carbocycles. The number of carbonyl (C=O) groups excluding carboxylic acids is 4. The first kappa shape index (κ1) is 27.3. The smallest absolute Gasteiger partial charge is 0.241 e. The van der Waals surface area contributed by atoms with Crippen LogP contribution in [-0.2, 0) is 19.2 Å². The Morgan fingerprint density at radius 3 is 2.30 bits per heavy atom. The van der Waals surface area contributed by atoms with Crippen LogP contribution in [0.15, 0.2) is 78.4 Å². The fraction of sp³-hybridized carbons (Fsp3) is 0.405. The van der Waals surface area contributed by atoms with E-state index in [1.807, 2.05) is 55.5 Å². The van der Waals surface area contributed by atoms with E-state index in [-0.39, 0.29) is 41.3 Å². The number of rotatable bonds is 3. The van der Waals surface area contributed by atoms with Crippen molar-refractivity contribution in [3.63, 3.8) is 0 Å². The number of carbonyl (C=O) groups is 4. The minimum absolute atomic E-state index is 0.0622. The number of benzene rings is 3. The topological polar surface area (TPSA) is 95.0 Å². The van der Waals surface area contributed by atoms with Crippen LogP contribution >= 0.6 is 0 Å². The summed E-state index contributed by atoms with van der Waals surface area (Å²) in [4.78, 5) is 60.0. The molecule has 3 aromatic rings. The van der Waals surface area contributed by atoms with Gasteiger partial charge in [-0.05, 0) is 67.5 Å². The first-order valence-electron chi connectivity index (χ1n) is 16.0. The van der Waals surface area contributed by atoms with Gasteiger partial charge in [-0.2, -0.15) is 0 Å². The van der Waals surface area contributed by atoms with Crippen molar-refractivity contribution in [1.82, 2.24) is 4.90 Å². The van der Waals surface area contributed by atoms with Gasteiger partial charge in [0.1, 0.15) is 5.75 Å². The monoisotopic (exact) mass is 588 g/mol. The molecule has 2 saturated heterocycles. The van der Waals surface area contributed by atoms with E-state index in [9.17, 15) is 24.3 Å². The van der Waals surface area contributed by atoms with Gasteiger partial charge in [-0.3, -0.25) is 24.1 Å². The zero-order chi connectivity index (χ0) is 30.3. The van der Waals surface area contributed by atoms with Crippen LogP contribution in [0.1, 0.15) is 63.4 Å². The fourth-order valence-corrected chi connectivity index (χ4v) is 9.46. The zero-order valence-corrected chi connectivity index (χ0v) is 24.8. The van der Waals surface area contributed by atoms with Gasteiger partial charge in [0.15, 0.2) is 0 Å². The minimum Gasteiger partial charge on any atom is -0.508 e. The molecule has 3 aromatic carbocycles. The maximum absolute atomic E-state index is 14.6. The lowest BCUT2D eigenvalue weighted by atomic mass is 9.51. The number of imide groups is 2. The van der Waals surface area contributed by atoms with Crippen molar-refractivity contribution in [3.05, 3.63) is 83.9 Å². The lowest BCUT2D eigenvalue weighted by molar-refractivity contribution is -0.144. The fourth-order valence-electron chi connectivity index (χ4n) is 9.46.